The molecule has 124 valence electrons. The van der Waals surface area contributed by atoms with E-state index in [1.54, 1.807) is 0 Å². The number of halogens is 4. The molecule has 0 bridgehead atoms. The second kappa shape index (κ2) is 4.59. The first kappa shape index (κ1) is 15.6. The van der Waals surface area contributed by atoms with Crippen molar-refractivity contribution in [2.24, 2.45) is 0 Å². The highest BCUT2D eigenvalue weighted by Crippen LogP contribution is 2.33. The van der Waals surface area contributed by atoms with E-state index in [2.05, 4.69) is 0 Å². The fourth-order valence-corrected chi connectivity index (χ4v) is 2.19. The Balaban J connectivity index is 2.13. The molecule has 1 aromatic carbocycles. The number of amides is 6. The van der Waals surface area contributed by atoms with Crippen molar-refractivity contribution in [1.29, 1.82) is 0 Å². The van der Waals surface area contributed by atoms with E-state index in [4.69, 9.17) is 0 Å². The third-order valence-corrected chi connectivity index (χ3v) is 3.30. The molecule has 0 unspecified atom stereocenters. The first-order valence-electron chi connectivity index (χ1n) is 6.04. The second-order valence-corrected chi connectivity index (χ2v) is 4.64. The molecule has 0 saturated carbocycles. The van der Waals surface area contributed by atoms with Crippen LogP contribution in [0.4, 0.5) is 22.4 Å². The Hall–Kier alpha value is -3.31. The highest BCUT2D eigenvalue weighted by Gasteiger charge is 2.64. The number of hydrazine groups is 1. The van der Waals surface area contributed by atoms with Crippen molar-refractivity contribution in [3.8, 4) is 0 Å². The van der Waals surface area contributed by atoms with E-state index in [-0.39, 0.29) is 0 Å². The Morgan fingerprint density at radius 3 is 2.08 bits per heavy atom. The smallest absolute Gasteiger partial charge is 0.267 e. The largest absolute Gasteiger partial charge is 0.406 e. The van der Waals surface area contributed by atoms with E-state index in [9.17, 15) is 41.6 Å². The summed E-state index contributed by atoms with van der Waals surface area (Å²) >= 11 is 0. The Bertz CT molecular complexity index is 855. The normalized spacial score (nSPS) is 20.2. The summed E-state index contributed by atoms with van der Waals surface area (Å²) in [6, 6.07) is 0.425. The number of urea groups is 1. The summed E-state index contributed by atoms with van der Waals surface area (Å²) in [7, 11) is 0. The van der Waals surface area contributed by atoms with Crippen LogP contribution in [0.15, 0.2) is 18.2 Å². The van der Waals surface area contributed by atoms with Gasteiger partial charge in [-0.25, -0.2) is 9.18 Å². The van der Waals surface area contributed by atoms with Gasteiger partial charge in [0.15, 0.2) is 0 Å². The van der Waals surface area contributed by atoms with Crippen LogP contribution in [0.3, 0.4) is 0 Å². The van der Waals surface area contributed by atoms with E-state index >= 15 is 0 Å². The van der Waals surface area contributed by atoms with Crippen molar-refractivity contribution in [3.05, 3.63) is 35.1 Å². The van der Waals surface area contributed by atoms with Crippen LogP contribution >= 0.6 is 0 Å². The lowest BCUT2D eigenvalue weighted by molar-refractivity contribution is -0.193. The van der Waals surface area contributed by atoms with E-state index in [1.807, 2.05) is 0 Å². The molecule has 2 aliphatic rings. The zero-order valence-corrected chi connectivity index (χ0v) is 11.1. The molecular weight excluding hydrogens is 342 g/mol. The van der Waals surface area contributed by atoms with Crippen LogP contribution in [0.5, 0.6) is 0 Å². The molecule has 0 aromatic heterocycles. The number of imide groups is 3. The lowest BCUT2D eigenvalue weighted by atomic mass is 10.1. The third kappa shape index (κ3) is 1.70. The second-order valence-electron chi connectivity index (χ2n) is 4.64. The van der Waals surface area contributed by atoms with Crippen LogP contribution < -0.4 is 0 Å². The molecule has 3 rings (SSSR count). The zero-order chi connectivity index (χ0) is 18.0. The van der Waals surface area contributed by atoms with Gasteiger partial charge in [-0.15, -0.1) is 5.01 Å². The predicted molar refractivity (Wildman–Crippen MR) is 62.0 cm³/mol. The molecule has 0 aliphatic carbocycles. The van der Waals surface area contributed by atoms with E-state index in [0.29, 0.717) is 0 Å². The molecule has 1 fully saturated rings. The maximum atomic E-state index is 13.7. The van der Waals surface area contributed by atoms with Gasteiger partial charge in [0.25, 0.3) is 11.8 Å². The number of benzene rings is 1. The average molecular weight is 345 g/mol. The highest BCUT2D eigenvalue weighted by atomic mass is 19.3. The number of rotatable bonds is 1. The number of carbonyl (C=O) groups is 5. The minimum atomic E-state index is -5.03. The van der Waals surface area contributed by atoms with Gasteiger partial charge in [-0.05, 0) is 12.1 Å². The van der Waals surface area contributed by atoms with Gasteiger partial charge in [0, 0.05) is 0 Å². The van der Waals surface area contributed by atoms with E-state index in [1.165, 1.54) is 0 Å². The molecule has 2 aliphatic heterocycles. The molecule has 8 nitrogen and oxygen atoms in total. The number of barbiturate groups is 1. The summed E-state index contributed by atoms with van der Waals surface area (Å²) in [5, 5.41) is -2.88. The van der Waals surface area contributed by atoms with Gasteiger partial charge in [0.05, 0.1) is 11.1 Å². The summed E-state index contributed by atoms with van der Waals surface area (Å²) in [4.78, 5) is 58.3. The van der Waals surface area contributed by atoms with Gasteiger partial charge in [0.1, 0.15) is 5.82 Å². The molecule has 0 atom stereocenters. The topological polar surface area (TPSA) is 95.1 Å². The maximum absolute atomic E-state index is 13.7. The Morgan fingerprint density at radius 1 is 0.875 bits per heavy atom. The molecule has 2 heterocycles. The first-order valence-corrected chi connectivity index (χ1v) is 6.04. The highest BCUT2D eigenvalue weighted by molar-refractivity contribution is 6.26. The maximum Gasteiger partial charge on any atom is 0.406 e. The fourth-order valence-electron chi connectivity index (χ4n) is 2.19. The van der Waals surface area contributed by atoms with Crippen LogP contribution in [-0.2, 0) is 9.59 Å². The van der Waals surface area contributed by atoms with E-state index < -0.39 is 67.7 Å². The van der Waals surface area contributed by atoms with Crippen molar-refractivity contribution in [2.45, 2.75) is 5.92 Å². The van der Waals surface area contributed by atoms with Gasteiger partial charge < -0.3 is 0 Å². The monoisotopic (exact) mass is 345 g/mol. The van der Waals surface area contributed by atoms with Gasteiger partial charge in [-0.2, -0.15) is 13.8 Å². The van der Waals surface area contributed by atoms with Crippen LogP contribution in [0.25, 0.3) is 0 Å². The van der Waals surface area contributed by atoms with Gasteiger partial charge in [-0.1, -0.05) is 15.7 Å². The molecule has 12 heteroatoms. The summed E-state index contributed by atoms with van der Waals surface area (Å²) in [5.41, 5.74) is -1.50. The number of carbonyl (C=O) groups excluding carboxylic acids is 5. The van der Waals surface area contributed by atoms with Crippen molar-refractivity contribution in [2.75, 3.05) is 0 Å². The SMILES string of the molecule is O=C1c2cccc(F)c2C(=O)N1N1C(=O)N(F)C(=O)C(F)(F)C1=O. The minimum absolute atomic E-state index is 0.439. The van der Waals surface area contributed by atoms with Crippen LogP contribution in [0.1, 0.15) is 20.7 Å². The lowest BCUT2D eigenvalue weighted by Gasteiger charge is -2.34. The lowest BCUT2D eigenvalue weighted by Crippen LogP contribution is -2.68. The minimum Gasteiger partial charge on any atom is -0.267 e. The Kier molecular flexibility index (Phi) is 2.98. The average Bonchev–Trinajstić information content (AvgIpc) is 2.78. The first-order chi connectivity index (χ1) is 11.1. The van der Waals surface area contributed by atoms with Crippen LogP contribution in [0, 0.1) is 5.82 Å². The van der Waals surface area contributed by atoms with Crippen LogP contribution in [0.2, 0.25) is 0 Å². The Labute approximate surface area is 128 Å². The predicted octanol–water partition coefficient (Wildman–Crippen LogP) is 0.647. The molecule has 6 amide bonds. The summed E-state index contributed by atoms with van der Waals surface area (Å²) in [6.07, 6.45) is 0. The van der Waals surface area contributed by atoms with E-state index in [0.717, 1.165) is 18.2 Å². The van der Waals surface area contributed by atoms with Crippen molar-refractivity contribution >= 4 is 29.7 Å². The number of alkyl halides is 2. The third-order valence-electron chi connectivity index (χ3n) is 3.30. The molecule has 24 heavy (non-hydrogen) atoms. The van der Waals surface area contributed by atoms with Crippen molar-refractivity contribution in [1.82, 2.24) is 15.1 Å². The van der Waals surface area contributed by atoms with Gasteiger partial charge in [-0.3, -0.25) is 19.2 Å². The zero-order valence-electron chi connectivity index (χ0n) is 11.1. The number of hydrogen-bond donors (Lipinski definition) is 0. The van der Waals surface area contributed by atoms with Gasteiger partial charge in [0.2, 0.25) is 0 Å². The summed E-state index contributed by atoms with van der Waals surface area (Å²) in [6.45, 7) is 0. The molecular formula is C12H3F4N3O5. The molecule has 1 saturated heterocycles. The van der Waals surface area contributed by atoms with Crippen LogP contribution in [-0.4, -0.2) is 50.7 Å². The number of nitrogens with zero attached hydrogens (tertiary/aromatic N) is 3. The molecule has 0 radical (unpaired) electrons. The summed E-state index contributed by atoms with van der Waals surface area (Å²) < 4.78 is 54.0. The summed E-state index contributed by atoms with van der Waals surface area (Å²) in [5.74, 6) is -14.8. The number of hydrogen-bond acceptors (Lipinski definition) is 5. The molecule has 0 N–H and O–H groups in total. The molecule has 1 aromatic rings. The Morgan fingerprint density at radius 2 is 1.50 bits per heavy atom. The van der Waals surface area contributed by atoms with Gasteiger partial charge >= 0.3 is 23.8 Å². The number of fused-ring (bicyclic) bond motifs is 1. The standard InChI is InChI=1S/C12H3F4N3O5/c13-5-3-1-2-4-6(5)8(21)18(7(4)20)19-10(23)12(14,15)9(22)17(16)11(19)24/h1-3H. The quantitative estimate of drug-likeness (QED) is 0.322. The fraction of sp³-hybridized carbons (Fsp3) is 0.0833. The van der Waals surface area contributed by atoms with Crippen molar-refractivity contribution < 1.29 is 41.6 Å². The molecule has 0 spiro atoms. The van der Waals surface area contributed by atoms with Crippen molar-refractivity contribution in [3.63, 3.8) is 0 Å².